The van der Waals surface area contributed by atoms with Gasteiger partial charge in [-0.25, -0.2) is 4.98 Å². The Morgan fingerprint density at radius 2 is 2.16 bits per heavy atom. The molecule has 0 unspecified atom stereocenters. The first-order chi connectivity index (χ1) is 9.10. The maximum absolute atomic E-state index is 12.0. The molecular formula is C13H16N4O2. The molecular weight excluding hydrogens is 244 g/mol. The van der Waals surface area contributed by atoms with Gasteiger partial charge in [-0.2, -0.15) is 0 Å². The van der Waals surface area contributed by atoms with Crippen molar-refractivity contribution in [3.8, 4) is 0 Å². The minimum absolute atomic E-state index is 0.135. The molecule has 0 aliphatic rings. The van der Waals surface area contributed by atoms with Gasteiger partial charge >= 0.3 is 0 Å². The van der Waals surface area contributed by atoms with Crippen LogP contribution in [0.25, 0.3) is 0 Å². The van der Waals surface area contributed by atoms with E-state index in [1.165, 1.54) is 11.7 Å². The van der Waals surface area contributed by atoms with E-state index in [-0.39, 0.29) is 5.56 Å². The van der Waals surface area contributed by atoms with Crippen LogP contribution in [0.15, 0.2) is 35.4 Å². The van der Waals surface area contributed by atoms with Crippen LogP contribution >= 0.6 is 0 Å². The summed E-state index contributed by atoms with van der Waals surface area (Å²) in [5, 5.41) is 3.00. The normalized spacial score (nSPS) is 10.3. The molecule has 0 atom stereocenters. The van der Waals surface area contributed by atoms with Crippen molar-refractivity contribution in [2.45, 2.75) is 6.92 Å². The van der Waals surface area contributed by atoms with Crippen molar-refractivity contribution in [1.82, 2.24) is 9.55 Å². The highest BCUT2D eigenvalue weighted by molar-refractivity contribution is 5.60. The summed E-state index contributed by atoms with van der Waals surface area (Å²) in [5.74, 6) is 0.622. The third kappa shape index (κ3) is 3.11. The lowest BCUT2D eigenvalue weighted by molar-refractivity contribution is 0.270. The van der Waals surface area contributed by atoms with Gasteiger partial charge in [0, 0.05) is 19.4 Å². The van der Waals surface area contributed by atoms with Crippen LogP contribution in [0.3, 0.4) is 0 Å². The summed E-state index contributed by atoms with van der Waals surface area (Å²) in [4.78, 5) is 21.0. The highest BCUT2D eigenvalue weighted by Crippen LogP contribution is 2.15. The molecule has 0 bridgehead atoms. The molecule has 0 fully saturated rings. The molecule has 2 aromatic rings. The molecule has 2 N–H and O–H groups in total. The summed E-state index contributed by atoms with van der Waals surface area (Å²) in [6.07, 6.45) is 3.39. The highest BCUT2D eigenvalue weighted by atomic mass is 16.6. The highest BCUT2D eigenvalue weighted by Gasteiger charge is 2.05. The minimum Gasteiger partial charge on any atom is -0.336 e. The van der Waals surface area contributed by atoms with Gasteiger partial charge < -0.3 is 9.88 Å². The topological polar surface area (TPSA) is 68.2 Å². The van der Waals surface area contributed by atoms with Gasteiger partial charge in [0.15, 0.2) is 0 Å². The average molecular weight is 260 g/mol. The molecule has 0 aromatic carbocycles. The van der Waals surface area contributed by atoms with Crippen molar-refractivity contribution in [2.24, 2.45) is 7.05 Å². The summed E-state index contributed by atoms with van der Waals surface area (Å²) < 4.78 is 1.47. The molecule has 2 heterocycles. The van der Waals surface area contributed by atoms with Crippen molar-refractivity contribution >= 4 is 17.2 Å². The molecule has 2 aromatic heterocycles. The van der Waals surface area contributed by atoms with E-state index in [0.717, 1.165) is 5.56 Å². The van der Waals surface area contributed by atoms with E-state index in [4.69, 9.17) is 4.84 Å². The van der Waals surface area contributed by atoms with Gasteiger partial charge in [-0.1, -0.05) is 6.07 Å². The lowest BCUT2D eigenvalue weighted by Crippen LogP contribution is -2.20. The van der Waals surface area contributed by atoms with E-state index in [1.807, 2.05) is 19.1 Å². The van der Waals surface area contributed by atoms with Gasteiger partial charge in [0.1, 0.15) is 11.5 Å². The molecule has 6 nitrogen and oxygen atoms in total. The van der Waals surface area contributed by atoms with Crippen molar-refractivity contribution in [3.05, 3.63) is 46.5 Å². The quantitative estimate of drug-likeness (QED) is 0.820. The van der Waals surface area contributed by atoms with Gasteiger partial charge in [-0.05, 0) is 24.6 Å². The predicted octanol–water partition coefficient (Wildman–Crippen LogP) is 1.81. The van der Waals surface area contributed by atoms with Gasteiger partial charge in [0.2, 0.25) is 0 Å². The van der Waals surface area contributed by atoms with Crippen molar-refractivity contribution in [1.29, 1.82) is 0 Å². The Bertz CT molecular complexity index is 620. The number of rotatable bonds is 4. The summed E-state index contributed by atoms with van der Waals surface area (Å²) in [7, 11) is 3.19. The molecule has 0 aliphatic heterocycles. The zero-order valence-corrected chi connectivity index (χ0v) is 11.1. The number of nitrogens with one attached hydrogen (secondary N) is 2. The summed E-state index contributed by atoms with van der Waals surface area (Å²) in [5.41, 5.74) is 4.73. The lowest BCUT2D eigenvalue weighted by Gasteiger charge is -2.10. The number of anilines is 3. The van der Waals surface area contributed by atoms with Gasteiger partial charge in [0.05, 0.1) is 12.8 Å². The van der Waals surface area contributed by atoms with Crippen LogP contribution in [0.2, 0.25) is 0 Å². The maximum atomic E-state index is 12.0. The van der Waals surface area contributed by atoms with Gasteiger partial charge in [-0.3, -0.25) is 15.1 Å². The van der Waals surface area contributed by atoms with E-state index in [0.29, 0.717) is 17.2 Å². The Balaban J connectivity index is 2.33. The van der Waals surface area contributed by atoms with E-state index >= 15 is 0 Å². The molecule has 0 saturated carbocycles. The fraction of sp³-hybridized carbons (Fsp3) is 0.231. The largest absolute Gasteiger partial charge is 0.336 e. The first-order valence-electron chi connectivity index (χ1n) is 5.79. The van der Waals surface area contributed by atoms with Crippen LogP contribution in [0.5, 0.6) is 0 Å². The second-order valence-electron chi connectivity index (χ2n) is 4.21. The van der Waals surface area contributed by atoms with Crippen LogP contribution in [0.1, 0.15) is 5.56 Å². The Morgan fingerprint density at radius 1 is 1.37 bits per heavy atom. The predicted molar refractivity (Wildman–Crippen MR) is 74.6 cm³/mol. The third-order valence-electron chi connectivity index (χ3n) is 2.58. The smallest absolute Gasteiger partial charge is 0.274 e. The fourth-order valence-electron chi connectivity index (χ4n) is 1.65. The summed E-state index contributed by atoms with van der Waals surface area (Å²) in [6.45, 7) is 1.96. The Hall–Kier alpha value is -2.34. The monoisotopic (exact) mass is 260 g/mol. The number of pyridine rings is 2. The molecule has 2 rings (SSSR count). The van der Waals surface area contributed by atoms with Crippen LogP contribution in [0, 0.1) is 6.92 Å². The first kappa shape index (κ1) is 13.1. The van der Waals surface area contributed by atoms with Crippen molar-refractivity contribution in [2.75, 3.05) is 17.9 Å². The Labute approximate surface area is 111 Å². The minimum atomic E-state index is -0.135. The number of hydrogen-bond donors (Lipinski definition) is 2. The molecule has 0 radical (unpaired) electrons. The molecule has 0 saturated heterocycles. The third-order valence-corrected chi connectivity index (χ3v) is 2.58. The van der Waals surface area contributed by atoms with Gasteiger partial charge in [0.25, 0.3) is 5.56 Å². The first-order valence-corrected chi connectivity index (χ1v) is 5.79. The second kappa shape index (κ2) is 5.53. The molecule has 0 spiro atoms. The summed E-state index contributed by atoms with van der Waals surface area (Å²) in [6, 6.07) is 5.43. The summed E-state index contributed by atoms with van der Waals surface area (Å²) >= 11 is 0. The Kier molecular flexibility index (Phi) is 3.82. The molecule has 100 valence electrons. The SMILES string of the molecule is CONc1cc(Nc2ccc(C)cn2)c(=O)n(C)c1. The number of aromatic nitrogens is 2. The number of hydrogen-bond acceptors (Lipinski definition) is 5. The lowest BCUT2D eigenvalue weighted by atomic mass is 10.3. The van der Waals surface area contributed by atoms with E-state index in [2.05, 4.69) is 15.8 Å². The number of aryl methyl sites for hydroxylation is 2. The number of nitrogens with zero attached hydrogens (tertiary/aromatic N) is 2. The standard InChI is InChI=1S/C13H16N4O2/c1-9-4-5-12(14-7-9)15-11-6-10(16-19-3)8-17(2)13(11)18/h4-8,16H,1-3H3,(H,14,15). The molecule has 6 heteroatoms. The second-order valence-corrected chi connectivity index (χ2v) is 4.21. The molecule has 0 aliphatic carbocycles. The Morgan fingerprint density at radius 3 is 2.79 bits per heavy atom. The van der Waals surface area contributed by atoms with Crippen LogP contribution in [-0.4, -0.2) is 16.7 Å². The van der Waals surface area contributed by atoms with E-state index < -0.39 is 0 Å². The van der Waals surface area contributed by atoms with E-state index in [1.54, 1.807) is 25.5 Å². The van der Waals surface area contributed by atoms with E-state index in [9.17, 15) is 4.79 Å². The zero-order valence-electron chi connectivity index (χ0n) is 11.1. The average Bonchev–Trinajstić information content (AvgIpc) is 2.38. The molecule has 19 heavy (non-hydrogen) atoms. The fourth-order valence-corrected chi connectivity index (χ4v) is 1.65. The van der Waals surface area contributed by atoms with Crippen molar-refractivity contribution in [3.63, 3.8) is 0 Å². The zero-order chi connectivity index (χ0) is 13.8. The molecule has 0 amide bonds. The maximum Gasteiger partial charge on any atom is 0.274 e. The van der Waals surface area contributed by atoms with Crippen LogP contribution in [-0.2, 0) is 11.9 Å². The van der Waals surface area contributed by atoms with Crippen LogP contribution < -0.4 is 16.4 Å². The van der Waals surface area contributed by atoms with Crippen LogP contribution in [0.4, 0.5) is 17.2 Å². The van der Waals surface area contributed by atoms with Crippen molar-refractivity contribution < 1.29 is 4.84 Å². The van der Waals surface area contributed by atoms with Gasteiger partial charge in [-0.15, -0.1) is 0 Å².